The van der Waals surface area contributed by atoms with Crippen LogP contribution in [-0.2, 0) is 20.7 Å². The highest BCUT2D eigenvalue weighted by Gasteiger charge is 2.46. The second-order valence-corrected chi connectivity index (χ2v) is 8.20. The summed E-state index contributed by atoms with van der Waals surface area (Å²) in [6, 6.07) is 5.95. The zero-order chi connectivity index (χ0) is 19.7. The number of ether oxygens (including phenoxy) is 2. The molecule has 0 radical (unpaired) electrons. The number of benzene rings is 1. The second-order valence-electron chi connectivity index (χ2n) is 8.20. The Hall–Kier alpha value is -2.08. The van der Waals surface area contributed by atoms with E-state index in [0.29, 0.717) is 12.0 Å². The van der Waals surface area contributed by atoms with Crippen molar-refractivity contribution in [2.75, 3.05) is 32.2 Å². The average molecular weight is 386 g/mol. The third-order valence-electron chi connectivity index (χ3n) is 6.72. The van der Waals surface area contributed by atoms with Gasteiger partial charge in [-0.15, -0.1) is 0 Å². The number of aryl methyl sites for hydroxylation is 1. The van der Waals surface area contributed by atoms with E-state index in [1.165, 1.54) is 20.0 Å². The number of hydrogen-bond donors (Lipinski definition) is 0. The fourth-order valence-electron chi connectivity index (χ4n) is 5.35. The van der Waals surface area contributed by atoms with Gasteiger partial charge in [0.05, 0.1) is 20.8 Å². The van der Waals surface area contributed by atoms with E-state index in [1.54, 1.807) is 7.11 Å². The smallest absolute Gasteiger partial charge is 0.323 e. The molecule has 3 atom stereocenters. The Bertz CT molecular complexity index is 750. The number of anilines is 1. The van der Waals surface area contributed by atoms with Crippen molar-refractivity contribution in [3.05, 3.63) is 23.8 Å². The van der Waals surface area contributed by atoms with Crippen LogP contribution in [0.3, 0.4) is 0 Å². The van der Waals surface area contributed by atoms with Crippen LogP contribution < -0.4 is 9.64 Å². The summed E-state index contributed by atoms with van der Waals surface area (Å²) in [6.07, 6.45) is 7.32. The number of hydrogen-bond acceptors (Lipinski definition) is 5. The van der Waals surface area contributed by atoms with Crippen LogP contribution in [0.2, 0.25) is 0 Å². The number of carbonyl (C=O) groups excluding carboxylic acids is 2. The lowest BCUT2D eigenvalue weighted by molar-refractivity contribution is -0.146. The van der Waals surface area contributed by atoms with Crippen molar-refractivity contribution in [2.45, 2.75) is 57.0 Å². The number of fused-ring (bicyclic) bond motifs is 2. The first-order valence-electron chi connectivity index (χ1n) is 10.4. The van der Waals surface area contributed by atoms with Gasteiger partial charge in [-0.05, 0) is 61.8 Å². The molecular formula is C22H30N2O4. The van der Waals surface area contributed by atoms with E-state index in [1.807, 2.05) is 23.1 Å². The van der Waals surface area contributed by atoms with Crippen LogP contribution in [0.5, 0.6) is 5.75 Å². The molecule has 4 rings (SSSR count). The minimum atomic E-state index is -0.290. The van der Waals surface area contributed by atoms with Gasteiger partial charge in [0, 0.05) is 18.3 Å². The topological polar surface area (TPSA) is 59.1 Å². The number of likely N-dealkylation sites (tertiary alicyclic amines) is 1. The Labute approximate surface area is 166 Å². The summed E-state index contributed by atoms with van der Waals surface area (Å²) >= 11 is 0. The van der Waals surface area contributed by atoms with Crippen molar-refractivity contribution < 1.29 is 19.1 Å². The number of amides is 1. The first-order chi connectivity index (χ1) is 13.6. The minimum Gasteiger partial charge on any atom is -0.497 e. The highest BCUT2D eigenvalue weighted by molar-refractivity contribution is 5.96. The molecule has 0 bridgehead atoms. The highest BCUT2D eigenvalue weighted by Crippen LogP contribution is 2.40. The summed E-state index contributed by atoms with van der Waals surface area (Å²) in [4.78, 5) is 29.7. The molecule has 1 aromatic rings. The molecule has 0 N–H and O–H groups in total. The lowest BCUT2D eigenvalue weighted by Crippen LogP contribution is -2.49. The van der Waals surface area contributed by atoms with Crippen molar-refractivity contribution in [2.24, 2.45) is 5.92 Å². The van der Waals surface area contributed by atoms with Gasteiger partial charge in [-0.2, -0.15) is 0 Å². The molecule has 1 amide bonds. The summed E-state index contributed by atoms with van der Waals surface area (Å²) in [6.45, 7) is 1.01. The number of esters is 1. The molecule has 0 spiro atoms. The van der Waals surface area contributed by atoms with E-state index in [0.717, 1.165) is 55.6 Å². The van der Waals surface area contributed by atoms with Crippen molar-refractivity contribution in [3.8, 4) is 5.75 Å². The minimum absolute atomic E-state index is 0.0752. The van der Waals surface area contributed by atoms with Gasteiger partial charge < -0.3 is 14.4 Å². The molecule has 2 fully saturated rings. The van der Waals surface area contributed by atoms with Crippen LogP contribution in [-0.4, -0.2) is 56.2 Å². The molecular weight excluding hydrogens is 356 g/mol. The molecule has 2 aliphatic heterocycles. The maximum Gasteiger partial charge on any atom is 0.323 e. The van der Waals surface area contributed by atoms with E-state index < -0.39 is 0 Å². The van der Waals surface area contributed by atoms with Crippen molar-refractivity contribution >= 4 is 17.6 Å². The molecule has 3 aliphatic rings. The first-order valence-corrected chi connectivity index (χ1v) is 10.4. The second kappa shape index (κ2) is 8.11. The highest BCUT2D eigenvalue weighted by atomic mass is 16.5. The van der Waals surface area contributed by atoms with Crippen LogP contribution >= 0.6 is 0 Å². The van der Waals surface area contributed by atoms with Gasteiger partial charge >= 0.3 is 5.97 Å². The summed E-state index contributed by atoms with van der Waals surface area (Å²) in [5, 5.41) is 0. The zero-order valence-electron chi connectivity index (χ0n) is 16.9. The van der Waals surface area contributed by atoms with Crippen LogP contribution in [0.4, 0.5) is 5.69 Å². The molecule has 152 valence electrons. The van der Waals surface area contributed by atoms with E-state index in [4.69, 9.17) is 9.47 Å². The van der Waals surface area contributed by atoms with Crippen LogP contribution in [0.15, 0.2) is 18.2 Å². The summed E-state index contributed by atoms with van der Waals surface area (Å²) < 4.78 is 10.4. The number of rotatable bonds is 4. The molecule has 1 aromatic carbocycles. The molecule has 2 heterocycles. The normalized spacial score (nSPS) is 27.1. The van der Waals surface area contributed by atoms with Gasteiger partial charge in [0.2, 0.25) is 5.91 Å². The predicted octanol–water partition coefficient (Wildman–Crippen LogP) is 2.78. The lowest BCUT2D eigenvalue weighted by atomic mass is 9.85. The molecule has 1 saturated carbocycles. The summed E-state index contributed by atoms with van der Waals surface area (Å²) in [5.41, 5.74) is 2.13. The maximum atomic E-state index is 13.3. The number of methoxy groups -OCH3 is 2. The zero-order valence-corrected chi connectivity index (χ0v) is 16.9. The molecule has 28 heavy (non-hydrogen) atoms. The molecule has 0 aromatic heterocycles. The van der Waals surface area contributed by atoms with Crippen LogP contribution in [0.1, 0.15) is 44.1 Å². The third kappa shape index (κ3) is 3.50. The van der Waals surface area contributed by atoms with Crippen molar-refractivity contribution in [1.29, 1.82) is 0 Å². The van der Waals surface area contributed by atoms with Crippen LogP contribution in [0, 0.1) is 5.92 Å². The Kier molecular flexibility index (Phi) is 5.58. The molecule has 1 aliphatic carbocycles. The standard InChI is InChI=1S/C22H30N2O4/c1-27-17-9-10-19-15(12-17)7-5-11-23(19)21(25)14-24-18-8-4-3-6-16(18)13-20(24)22(26)28-2/h9-10,12,16,18,20H,3-8,11,13-14H2,1-2H3. The maximum absolute atomic E-state index is 13.3. The van der Waals surface area contributed by atoms with Gasteiger partial charge in [0.1, 0.15) is 11.8 Å². The summed E-state index contributed by atoms with van der Waals surface area (Å²) in [5.74, 6) is 1.20. The Morgan fingerprint density at radius 2 is 1.96 bits per heavy atom. The number of nitrogens with zero attached hydrogens (tertiary/aromatic N) is 2. The number of carbonyl (C=O) groups is 2. The fraction of sp³-hybridized carbons (Fsp3) is 0.636. The van der Waals surface area contributed by atoms with Gasteiger partial charge in [-0.25, -0.2) is 0 Å². The Morgan fingerprint density at radius 3 is 2.75 bits per heavy atom. The van der Waals surface area contributed by atoms with E-state index in [-0.39, 0.29) is 24.5 Å². The van der Waals surface area contributed by atoms with Gasteiger partial charge in [-0.1, -0.05) is 12.8 Å². The Morgan fingerprint density at radius 1 is 1.14 bits per heavy atom. The summed E-state index contributed by atoms with van der Waals surface area (Å²) in [7, 11) is 3.10. The average Bonchev–Trinajstić information content (AvgIpc) is 3.10. The lowest BCUT2D eigenvalue weighted by Gasteiger charge is -2.35. The molecule has 3 unspecified atom stereocenters. The van der Waals surface area contributed by atoms with Crippen molar-refractivity contribution in [1.82, 2.24) is 4.90 Å². The predicted molar refractivity (Wildman–Crippen MR) is 107 cm³/mol. The molecule has 1 saturated heterocycles. The molecule has 6 heteroatoms. The third-order valence-corrected chi connectivity index (χ3v) is 6.72. The SMILES string of the molecule is COC(=O)C1CC2CCCCC2N1CC(=O)N1CCCc2cc(OC)ccc21. The monoisotopic (exact) mass is 386 g/mol. The van der Waals surface area contributed by atoms with Crippen molar-refractivity contribution in [3.63, 3.8) is 0 Å². The molecule has 6 nitrogen and oxygen atoms in total. The van der Waals surface area contributed by atoms with Gasteiger partial charge in [0.15, 0.2) is 0 Å². The van der Waals surface area contributed by atoms with E-state index in [2.05, 4.69) is 4.90 Å². The first kappa shape index (κ1) is 19.2. The van der Waals surface area contributed by atoms with Crippen LogP contribution in [0.25, 0.3) is 0 Å². The van der Waals surface area contributed by atoms with Gasteiger partial charge in [0.25, 0.3) is 0 Å². The van der Waals surface area contributed by atoms with Gasteiger partial charge in [-0.3, -0.25) is 14.5 Å². The Balaban J connectivity index is 1.54. The van der Waals surface area contributed by atoms with E-state index >= 15 is 0 Å². The largest absolute Gasteiger partial charge is 0.497 e. The fourth-order valence-corrected chi connectivity index (χ4v) is 5.35. The van der Waals surface area contributed by atoms with E-state index in [9.17, 15) is 9.59 Å². The quantitative estimate of drug-likeness (QED) is 0.745.